The first-order valence-corrected chi connectivity index (χ1v) is 8.34. The Bertz CT molecular complexity index is 1150. The number of H-pyrrole nitrogens is 1. The summed E-state index contributed by atoms with van der Waals surface area (Å²) in [5.74, 6) is -1.25. The molecular weight excluding hydrogens is 353 g/mol. The fourth-order valence-electron chi connectivity index (χ4n) is 2.89. The highest BCUT2D eigenvalue weighted by Crippen LogP contribution is 2.25. The molecule has 27 heavy (non-hydrogen) atoms. The summed E-state index contributed by atoms with van der Waals surface area (Å²) in [6, 6.07) is 7.22. The Kier molecular flexibility index (Phi) is 4.89. The minimum atomic E-state index is -0.778. The predicted octanol–water partition coefficient (Wildman–Crippen LogP) is 2.33. The van der Waals surface area contributed by atoms with Gasteiger partial charge in [0.1, 0.15) is 5.82 Å². The Morgan fingerprint density at radius 3 is 2.63 bits per heavy atom. The number of benzene rings is 1. The number of halogens is 1. The van der Waals surface area contributed by atoms with E-state index in [2.05, 4.69) is 9.97 Å². The standard InChI is InChI=1S/C19H18FN3O4/c1-10(2)9-23-16-15(17(24)22-19(23)26)12(18(25)27-3)8-14(21-16)11-6-4-5-7-13(11)20/h4-8,10H,9H2,1-3H3,(H,22,24,26). The lowest BCUT2D eigenvalue weighted by Gasteiger charge is -2.14. The van der Waals surface area contributed by atoms with Crippen LogP contribution in [0.5, 0.6) is 0 Å². The van der Waals surface area contributed by atoms with Crippen LogP contribution in [-0.2, 0) is 11.3 Å². The molecule has 0 aliphatic heterocycles. The lowest BCUT2D eigenvalue weighted by Crippen LogP contribution is -2.33. The summed E-state index contributed by atoms with van der Waals surface area (Å²) in [5, 5.41) is -0.0674. The lowest BCUT2D eigenvalue weighted by molar-refractivity contribution is 0.0603. The number of esters is 1. The molecule has 0 saturated carbocycles. The first-order chi connectivity index (χ1) is 12.8. The van der Waals surface area contributed by atoms with E-state index >= 15 is 0 Å². The van der Waals surface area contributed by atoms with Crippen molar-refractivity contribution >= 4 is 17.0 Å². The molecule has 8 heteroatoms. The zero-order valence-corrected chi connectivity index (χ0v) is 15.1. The molecule has 0 amide bonds. The van der Waals surface area contributed by atoms with Crippen molar-refractivity contribution in [3.8, 4) is 11.3 Å². The van der Waals surface area contributed by atoms with Crippen molar-refractivity contribution in [2.45, 2.75) is 20.4 Å². The Morgan fingerprint density at radius 1 is 1.30 bits per heavy atom. The van der Waals surface area contributed by atoms with Crippen molar-refractivity contribution in [3.63, 3.8) is 0 Å². The third-order valence-electron chi connectivity index (χ3n) is 4.05. The first kappa shape index (κ1) is 18.5. The highest BCUT2D eigenvalue weighted by Gasteiger charge is 2.21. The van der Waals surface area contributed by atoms with Gasteiger partial charge < -0.3 is 4.74 Å². The Morgan fingerprint density at radius 2 is 2.00 bits per heavy atom. The van der Waals surface area contributed by atoms with Crippen LogP contribution in [0.2, 0.25) is 0 Å². The van der Waals surface area contributed by atoms with Gasteiger partial charge in [0.25, 0.3) is 5.56 Å². The molecule has 0 spiro atoms. The first-order valence-electron chi connectivity index (χ1n) is 8.34. The van der Waals surface area contributed by atoms with Crippen molar-refractivity contribution in [3.05, 3.63) is 62.6 Å². The second kappa shape index (κ2) is 7.14. The molecule has 3 rings (SSSR count). The van der Waals surface area contributed by atoms with Crippen LogP contribution in [0.3, 0.4) is 0 Å². The Hall–Kier alpha value is -3.29. The summed E-state index contributed by atoms with van der Waals surface area (Å²) in [4.78, 5) is 43.6. The summed E-state index contributed by atoms with van der Waals surface area (Å²) in [6.07, 6.45) is 0. The van der Waals surface area contributed by atoms with E-state index in [1.165, 1.54) is 35.9 Å². The molecule has 140 valence electrons. The number of nitrogens with one attached hydrogen (secondary N) is 1. The van der Waals surface area contributed by atoms with E-state index in [4.69, 9.17) is 4.74 Å². The number of hydrogen-bond donors (Lipinski definition) is 1. The van der Waals surface area contributed by atoms with E-state index < -0.39 is 23.0 Å². The van der Waals surface area contributed by atoms with E-state index in [0.29, 0.717) is 0 Å². The van der Waals surface area contributed by atoms with Gasteiger partial charge in [-0.05, 0) is 24.1 Å². The predicted molar refractivity (Wildman–Crippen MR) is 98.2 cm³/mol. The number of carbonyl (C=O) groups excluding carboxylic acids is 1. The maximum Gasteiger partial charge on any atom is 0.338 e. The van der Waals surface area contributed by atoms with Crippen LogP contribution < -0.4 is 11.2 Å². The second-order valence-electron chi connectivity index (χ2n) is 6.49. The summed E-state index contributed by atoms with van der Waals surface area (Å²) in [6.45, 7) is 4.05. The fraction of sp³-hybridized carbons (Fsp3) is 0.263. The van der Waals surface area contributed by atoms with Crippen molar-refractivity contribution in [2.24, 2.45) is 5.92 Å². The van der Waals surface area contributed by atoms with Crippen LogP contribution >= 0.6 is 0 Å². The van der Waals surface area contributed by atoms with Gasteiger partial charge in [-0.1, -0.05) is 26.0 Å². The average Bonchev–Trinajstić information content (AvgIpc) is 2.63. The molecule has 0 atom stereocenters. The van der Waals surface area contributed by atoms with Crippen molar-refractivity contribution in [1.82, 2.24) is 14.5 Å². The zero-order chi connectivity index (χ0) is 19.7. The fourth-order valence-corrected chi connectivity index (χ4v) is 2.89. The van der Waals surface area contributed by atoms with Gasteiger partial charge in [-0.15, -0.1) is 0 Å². The molecular formula is C19H18FN3O4. The Balaban J connectivity index is 2.48. The molecule has 0 aliphatic carbocycles. The van der Waals surface area contributed by atoms with Gasteiger partial charge in [0.05, 0.1) is 23.8 Å². The van der Waals surface area contributed by atoms with Crippen LogP contribution in [0.4, 0.5) is 4.39 Å². The van der Waals surface area contributed by atoms with E-state index in [1.54, 1.807) is 6.07 Å². The van der Waals surface area contributed by atoms with Gasteiger partial charge in [-0.3, -0.25) is 14.3 Å². The highest BCUT2D eigenvalue weighted by molar-refractivity contribution is 6.03. The molecule has 0 unspecified atom stereocenters. The molecule has 2 heterocycles. The molecule has 7 nitrogen and oxygen atoms in total. The quantitative estimate of drug-likeness (QED) is 0.711. The molecule has 3 aromatic rings. The maximum atomic E-state index is 14.3. The molecule has 0 saturated heterocycles. The van der Waals surface area contributed by atoms with E-state index in [0.717, 1.165) is 0 Å². The van der Waals surface area contributed by atoms with E-state index in [9.17, 15) is 18.8 Å². The van der Waals surface area contributed by atoms with Crippen molar-refractivity contribution in [2.75, 3.05) is 7.11 Å². The summed E-state index contributed by atoms with van der Waals surface area (Å²) < 4.78 is 20.3. The van der Waals surface area contributed by atoms with E-state index in [1.807, 2.05) is 13.8 Å². The molecule has 0 bridgehead atoms. The molecule has 0 radical (unpaired) electrons. The molecule has 0 aliphatic rings. The van der Waals surface area contributed by atoms with Crippen LogP contribution in [0.1, 0.15) is 24.2 Å². The van der Waals surface area contributed by atoms with Crippen LogP contribution in [0.25, 0.3) is 22.3 Å². The van der Waals surface area contributed by atoms with Gasteiger partial charge in [-0.25, -0.2) is 19.0 Å². The van der Waals surface area contributed by atoms with Crippen molar-refractivity contribution < 1.29 is 13.9 Å². The Labute approximate surface area is 153 Å². The number of ether oxygens (including phenoxy) is 1. The minimum Gasteiger partial charge on any atom is -0.465 e. The third-order valence-corrected chi connectivity index (χ3v) is 4.05. The highest BCUT2D eigenvalue weighted by atomic mass is 19.1. The number of aromatic amines is 1. The molecule has 0 fully saturated rings. The zero-order valence-electron chi connectivity index (χ0n) is 15.1. The summed E-state index contributed by atoms with van der Waals surface area (Å²) in [5.41, 5.74) is -1.19. The number of methoxy groups -OCH3 is 1. The largest absolute Gasteiger partial charge is 0.465 e. The number of fused-ring (bicyclic) bond motifs is 1. The molecule has 1 N–H and O–H groups in total. The second-order valence-corrected chi connectivity index (χ2v) is 6.49. The summed E-state index contributed by atoms with van der Waals surface area (Å²) in [7, 11) is 1.18. The number of aromatic nitrogens is 3. The minimum absolute atomic E-state index is 0.0126. The van der Waals surface area contributed by atoms with Crippen LogP contribution in [-0.4, -0.2) is 27.6 Å². The number of pyridine rings is 1. The van der Waals surface area contributed by atoms with Crippen LogP contribution in [0.15, 0.2) is 39.9 Å². The van der Waals surface area contributed by atoms with Gasteiger partial charge in [-0.2, -0.15) is 0 Å². The normalized spacial score (nSPS) is 11.1. The third kappa shape index (κ3) is 3.38. The monoisotopic (exact) mass is 371 g/mol. The maximum absolute atomic E-state index is 14.3. The lowest BCUT2D eigenvalue weighted by atomic mass is 10.1. The average molecular weight is 371 g/mol. The molecule has 1 aromatic carbocycles. The van der Waals surface area contributed by atoms with E-state index in [-0.39, 0.29) is 40.3 Å². The number of nitrogens with zero attached hydrogens (tertiary/aromatic N) is 2. The SMILES string of the molecule is COC(=O)c1cc(-c2ccccc2F)nc2c1c(=O)[nH]c(=O)n2CC(C)C. The van der Waals surface area contributed by atoms with Gasteiger partial charge in [0.2, 0.25) is 0 Å². The smallest absolute Gasteiger partial charge is 0.338 e. The summed E-state index contributed by atoms with van der Waals surface area (Å²) >= 11 is 0. The van der Waals surface area contributed by atoms with Gasteiger partial charge >= 0.3 is 11.7 Å². The van der Waals surface area contributed by atoms with Gasteiger partial charge in [0.15, 0.2) is 5.65 Å². The number of carbonyl (C=O) groups is 1. The molecule has 2 aromatic heterocycles. The van der Waals surface area contributed by atoms with Crippen molar-refractivity contribution in [1.29, 1.82) is 0 Å². The van der Waals surface area contributed by atoms with Crippen LogP contribution in [0, 0.1) is 11.7 Å². The number of hydrogen-bond acceptors (Lipinski definition) is 5. The topological polar surface area (TPSA) is 94.1 Å². The van der Waals surface area contributed by atoms with Gasteiger partial charge in [0, 0.05) is 12.1 Å². The number of rotatable bonds is 4.